The van der Waals surface area contributed by atoms with Crippen molar-refractivity contribution >= 4 is 40.0 Å². The highest BCUT2D eigenvalue weighted by atomic mass is 31.2. The Morgan fingerprint density at radius 1 is 0.450 bits per heavy atom. The monoisotopic (exact) mass is 590 g/mol. The maximum atomic E-state index is 14.0. The first kappa shape index (κ1) is 30.4. The first-order valence-corrected chi connectivity index (χ1v) is 15.5. The van der Waals surface area contributed by atoms with E-state index in [0.717, 1.165) is 35.1 Å². The lowest BCUT2D eigenvalue weighted by molar-refractivity contribution is -0.138. The Hall–Kier alpha value is -2.55. The molecule has 0 heterocycles. The van der Waals surface area contributed by atoms with Crippen molar-refractivity contribution in [3.8, 4) is 0 Å². The van der Waals surface area contributed by atoms with Gasteiger partial charge in [-0.25, -0.2) is 0 Å². The molecular weight excluding hydrogens is 558 g/mol. The lowest BCUT2D eigenvalue weighted by atomic mass is 10.1. The minimum atomic E-state index is -4.43. The predicted molar refractivity (Wildman–Crippen MR) is 166 cm³/mol. The van der Waals surface area contributed by atoms with Crippen molar-refractivity contribution in [3.63, 3.8) is 0 Å². The topological polar surface area (TPSA) is 0 Å². The molecule has 0 N–H and O–H groups in total. The molecule has 0 aliphatic carbocycles. The summed E-state index contributed by atoms with van der Waals surface area (Å²) in [6.45, 7) is 0. The zero-order valence-corrected chi connectivity index (χ0v) is 22.2. The van der Waals surface area contributed by atoms with Gasteiger partial charge in [0.1, 0.15) is 15.1 Å². The Morgan fingerprint density at radius 2 is 0.750 bits per heavy atom. The quantitative estimate of drug-likeness (QED) is 0.116. The van der Waals surface area contributed by atoms with E-state index in [-0.39, 0.29) is 0 Å². The SMILES string of the molecule is [BH3-][P+](CC[P+]([BH3-])(Cc1ccccc1C(F)(F)F)c1ccccc1)(Cc1ccccc1C(F)(F)F)c1ccccc1. The summed E-state index contributed by atoms with van der Waals surface area (Å²) in [6, 6.07) is 31.6. The van der Waals surface area contributed by atoms with Gasteiger partial charge in [-0.15, -0.1) is 14.3 Å². The molecule has 40 heavy (non-hydrogen) atoms. The second kappa shape index (κ2) is 12.1. The van der Waals surface area contributed by atoms with Gasteiger partial charge in [0, 0.05) is 22.9 Å². The zero-order valence-electron chi connectivity index (χ0n) is 20.4. The van der Waals surface area contributed by atoms with Crippen LogP contribution in [0.25, 0.3) is 0 Å². The molecule has 0 aliphatic heterocycles. The fraction of sp³-hybridized carbons (Fsp3) is 0.200. The van der Waals surface area contributed by atoms with Gasteiger partial charge in [0.2, 0.25) is 0 Å². The minimum Gasteiger partial charge on any atom is -0.166 e. The first-order valence-electron chi connectivity index (χ1n) is 12.0. The van der Waals surface area contributed by atoms with E-state index < -0.39 is 52.9 Å². The summed E-state index contributed by atoms with van der Waals surface area (Å²) in [5.74, 6) is 0. The molecular formula is C30H32B2F6P2. The van der Waals surface area contributed by atoms with Crippen molar-refractivity contribution in [1.82, 2.24) is 0 Å². The van der Waals surface area contributed by atoms with E-state index in [4.69, 9.17) is 0 Å². The number of hydrogen-bond donors (Lipinski definition) is 0. The normalized spacial score (nSPS) is 15.3. The van der Waals surface area contributed by atoms with Crippen molar-refractivity contribution in [3.05, 3.63) is 131 Å². The van der Waals surface area contributed by atoms with Crippen molar-refractivity contribution in [2.24, 2.45) is 0 Å². The first-order chi connectivity index (χ1) is 18.8. The van der Waals surface area contributed by atoms with Crippen LogP contribution in [0.4, 0.5) is 26.3 Å². The highest BCUT2D eigenvalue weighted by Crippen LogP contribution is 2.63. The molecule has 0 aliphatic rings. The average molecular weight is 590 g/mol. The number of benzene rings is 4. The number of hydrogen-bond acceptors (Lipinski definition) is 0. The molecule has 0 radical (unpaired) electrons. The summed E-state index contributed by atoms with van der Waals surface area (Å²) >= 11 is 0. The summed E-state index contributed by atoms with van der Waals surface area (Å²) in [5, 5.41) is 2.31. The zero-order chi connectivity index (χ0) is 29.0. The molecule has 4 rings (SSSR count). The highest BCUT2D eigenvalue weighted by Gasteiger charge is 2.40. The van der Waals surface area contributed by atoms with Gasteiger partial charge in [-0.3, -0.25) is 0 Å². The molecule has 0 saturated carbocycles. The summed E-state index contributed by atoms with van der Waals surface area (Å²) in [4.78, 5) is 0. The van der Waals surface area contributed by atoms with E-state index in [9.17, 15) is 26.3 Å². The second-order valence-corrected chi connectivity index (χ2v) is 13.5. The average Bonchev–Trinajstić information content (AvgIpc) is 2.92. The molecule has 4 aromatic rings. The van der Waals surface area contributed by atoms with Crippen molar-refractivity contribution in [2.75, 3.05) is 12.3 Å². The van der Waals surface area contributed by atoms with E-state index >= 15 is 0 Å². The summed E-state index contributed by atoms with van der Waals surface area (Å²) in [5.41, 5.74) is -0.457. The Kier molecular flexibility index (Phi) is 9.22. The smallest absolute Gasteiger partial charge is 0.166 e. The third-order valence-electron chi connectivity index (χ3n) is 6.25. The van der Waals surface area contributed by atoms with Gasteiger partial charge < -0.3 is 0 Å². The summed E-state index contributed by atoms with van der Waals surface area (Å²) < 4.78 is 83.7. The van der Waals surface area contributed by atoms with E-state index in [1.807, 2.05) is 36.4 Å². The van der Waals surface area contributed by atoms with Crippen LogP contribution in [0.2, 0.25) is 0 Å². The number of halogens is 6. The van der Waals surface area contributed by atoms with Crippen LogP contribution in [-0.2, 0) is 24.7 Å². The molecule has 2 atom stereocenters. The standard InChI is InChI=1S/C30H32B2F6P2/c31-39(25-13-3-1-4-14-25,21-23-11-7-9-17-27(23)29(33,34)35)19-20-40(32,26-15-5-2-6-16-26)22-24-12-8-10-18-28(24)30(36,37)38/h1-18H,19-22H2,31-32H3. The van der Waals surface area contributed by atoms with Gasteiger partial charge >= 0.3 is 12.4 Å². The lowest BCUT2D eigenvalue weighted by Gasteiger charge is -2.37. The number of rotatable bonds is 9. The van der Waals surface area contributed by atoms with Crippen LogP contribution in [0.5, 0.6) is 0 Å². The van der Waals surface area contributed by atoms with Gasteiger partial charge in [-0.1, -0.05) is 72.8 Å². The van der Waals surface area contributed by atoms with Crippen molar-refractivity contribution in [1.29, 1.82) is 0 Å². The maximum absolute atomic E-state index is 14.0. The van der Waals surface area contributed by atoms with Gasteiger partial charge in [-0.2, -0.15) is 26.3 Å². The van der Waals surface area contributed by atoms with Gasteiger partial charge in [0.05, 0.1) is 23.5 Å². The predicted octanol–water partition coefficient (Wildman–Crippen LogP) is 6.67. The van der Waals surface area contributed by atoms with E-state index in [0.29, 0.717) is 23.5 Å². The maximum Gasteiger partial charge on any atom is 0.416 e. The summed E-state index contributed by atoms with van der Waals surface area (Å²) in [6.07, 6.45) is -6.46. The summed E-state index contributed by atoms with van der Waals surface area (Å²) in [7, 11) is -4.65. The van der Waals surface area contributed by atoms with Crippen LogP contribution in [0, 0.1) is 0 Å². The second-order valence-electron chi connectivity index (χ2n) is 8.82. The molecule has 0 aromatic heterocycles. The van der Waals surface area contributed by atoms with Crippen LogP contribution in [0.1, 0.15) is 22.3 Å². The van der Waals surface area contributed by atoms with Crippen LogP contribution < -0.4 is 10.6 Å². The molecule has 0 spiro atoms. The Labute approximate surface area is 234 Å². The third kappa shape index (κ3) is 7.20. The molecule has 210 valence electrons. The molecule has 4 aromatic carbocycles. The Morgan fingerprint density at radius 3 is 1.07 bits per heavy atom. The van der Waals surface area contributed by atoms with E-state index in [1.165, 1.54) is 12.1 Å². The Bertz CT molecular complexity index is 1300. The van der Waals surface area contributed by atoms with E-state index in [1.54, 1.807) is 24.3 Å². The minimum absolute atomic E-state index is 0.344. The van der Waals surface area contributed by atoms with Crippen molar-refractivity contribution < 1.29 is 26.3 Å². The van der Waals surface area contributed by atoms with Gasteiger partial charge in [-0.05, 0) is 47.5 Å². The lowest BCUT2D eigenvalue weighted by Crippen LogP contribution is -2.25. The molecule has 2 unspecified atom stereocenters. The van der Waals surface area contributed by atoms with Crippen molar-refractivity contribution in [2.45, 2.75) is 24.7 Å². The molecule has 0 amide bonds. The van der Waals surface area contributed by atoms with Gasteiger partial charge in [0.15, 0.2) is 0 Å². The Balaban J connectivity index is 1.75. The van der Waals surface area contributed by atoms with Crippen LogP contribution in [0.15, 0.2) is 109 Å². The third-order valence-corrected chi connectivity index (χ3v) is 11.6. The van der Waals surface area contributed by atoms with Gasteiger partial charge in [0.25, 0.3) is 0 Å². The van der Waals surface area contributed by atoms with E-state index in [2.05, 4.69) is 24.3 Å². The molecule has 0 nitrogen and oxygen atoms in total. The van der Waals surface area contributed by atoms with Crippen LogP contribution in [0.3, 0.4) is 0 Å². The largest absolute Gasteiger partial charge is 0.416 e. The molecule has 0 saturated heterocycles. The van der Waals surface area contributed by atoms with Crippen LogP contribution in [-0.4, -0.2) is 27.5 Å². The fourth-order valence-electron chi connectivity index (χ4n) is 4.40. The van der Waals surface area contributed by atoms with Crippen LogP contribution >= 0.6 is 14.3 Å². The molecule has 0 fully saturated rings. The fourth-order valence-corrected chi connectivity index (χ4v) is 10.1. The highest BCUT2D eigenvalue weighted by molar-refractivity contribution is 8.05. The molecule has 0 bridgehead atoms. The number of alkyl halides is 6. The molecule has 10 heteroatoms.